The topological polar surface area (TPSA) is 44.1 Å². The van der Waals surface area contributed by atoms with E-state index in [1.807, 2.05) is 81.4 Å². The average molecular weight is 417 g/mol. The van der Waals surface area contributed by atoms with Crippen LogP contribution in [0.3, 0.4) is 0 Å². The molecule has 0 spiro atoms. The summed E-state index contributed by atoms with van der Waals surface area (Å²) in [6, 6.07) is 22.0. The Kier molecular flexibility index (Phi) is 5.91. The number of ketones is 1. The first-order valence-corrected chi connectivity index (χ1v) is 11.0. The Morgan fingerprint density at radius 3 is 2.53 bits per heavy atom. The summed E-state index contributed by atoms with van der Waals surface area (Å²) in [4.78, 5) is 17.6. The number of ether oxygens (including phenoxy) is 1. The summed E-state index contributed by atoms with van der Waals surface area (Å²) >= 11 is 1.47. The number of hydrogen-bond donors (Lipinski definition) is 0. The highest BCUT2D eigenvalue weighted by Gasteiger charge is 2.16. The van der Waals surface area contributed by atoms with Gasteiger partial charge in [-0.1, -0.05) is 47.7 Å². The van der Waals surface area contributed by atoms with E-state index in [9.17, 15) is 4.79 Å². The first kappa shape index (κ1) is 20.2. The summed E-state index contributed by atoms with van der Waals surface area (Å²) in [6.07, 6.45) is 0. The minimum absolute atomic E-state index is 0.114. The zero-order chi connectivity index (χ0) is 21.1. The molecule has 0 saturated heterocycles. The molecule has 0 aliphatic rings. The normalized spacial score (nSPS) is 11.0. The van der Waals surface area contributed by atoms with Crippen LogP contribution in [0, 0.1) is 13.8 Å². The second-order valence-corrected chi connectivity index (χ2v) is 8.12. The van der Waals surface area contributed by atoms with Crippen molar-refractivity contribution in [1.29, 1.82) is 0 Å². The van der Waals surface area contributed by atoms with Crippen LogP contribution in [0.25, 0.3) is 16.7 Å². The molecular formula is C25H24N2O2S. The van der Waals surface area contributed by atoms with Crippen molar-refractivity contribution in [2.24, 2.45) is 0 Å². The molecule has 0 atom stereocenters. The maximum atomic E-state index is 12.9. The summed E-state index contributed by atoms with van der Waals surface area (Å²) in [5.74, 6) is 1.29. The van der Waals surface area contributed by atoms with Crippen molar-refractivity contribution >= 4 is 28.6 Å². The van der Waals surface area contributed by atoms with Gasteiger partial charge in [0.1, 0.15) is 5.75 Å². The number of benzene rings is 3. The fourth-order valence-electron chi connectivity index (χ4n) is 3.54. The molecule has 3 aromatic carbocycles. The van der Waals surface area contributed by atoms with Crippen LogP contribution >= 0.6 is 11.8 Å². The van der Waals surface area contributed by atoms with Gasteiger partial charge in [-0.05, 0) is 62.7 Å². The zero-order valence-corrected chi connectivity index (χ0v) is 18.2. The van der Waals surface area contributed by atoms with E-state index in [2.05, 4.69) is 10.6 Å². The molecule has 0 radical (unpaired) electrons. The van der Waals surface area contributed by atoms with Gasteiger partial charge in [-0.2, -0.15) is 0 Å². The lowest BCUT2D eigenvalue weighted by Crippen LogP contribution is -2.06. The van der Waals surface area contributed by atoms with Crippen molar-refractivity contribution in [3.8, 4) is 11.4 Å². The Morgan fingerprint density at radius 2 is 1.80 bits per heavy atom. The molecule has 0 aliphatic heterocycles. The van der Waals surface area contributed by atoms with Crippen LogP contribution in [0.15, 0.2) is 71.9 Å². The van der Waals surface area contributed by atoms with Gasteiger partial charge in [0.05, 0.1) is 23.4 Å². The smallest absolute Gasteiger partial charge is 0.174 e. The van der Waals surface area contributed by atoms with Gasteiger partial charge in [0.2, 0.25) is 0 Å². The van der Waals surface area contributed by atoms with E-state index in [4.69, 9.17) is 9.72 Å². The van der Waals surface area contributed by atoms with Crippen molar-refractivity contribution in [2.45, 2.75) is 25.9 Å². The number of aromatic nitrogens is 2. The highest BCUT2D eigenvalue weighted by atomic mass is 32.2. The van der Waals surface area contributed by atoms with E-state index in [0.717, 1.165) is 44.3 Å². The molecule has 4 rings (SSSR count). The summed E-state index contributed by atoms with van der Waals surface area (Å²) in [5.41, 5.74) is 5.87. The number of para-hydroxylation sites is 2. The molecule has 0 N–H and O–H groups in total. The second kappa shape index (κ2) is 8.76. The van der Waals surface area contributed by atoms with Gasteiger partial charge in [-0.15, -0.1) is 0 Å². The van der Waals surface area contributed by atoms with Crippen LogP contribution < -0.4 is 4.74 Å². The minimum atomic E-state index is 0.114. The molecule has 0 bridgehead atoms. The van der Waals surface area contributed by atoms with Crippen LogP contribution in [0.5, 0.6) is 5.75 Å². The lowest BCUT2D eigenvalue weighted by molar-refractivity contribution is 0.102. The predicted molar refractivity (Wildman–Crippen MR) is 123 cm³/mol. The predicted octanol–water partition coefficient (Wildman–Crippen LogP) is 6.02. The van der Waals surface area contributed by atoms with Crippen molar-refractivity contribution < 1.29 is 9.53 Å². The van der Waals surface area contributed by atoms with Crippen molar-refractivity contribution in [1.82, 2.24) is 9.55 Å². The molecule has 0 amide bonds. The maximum absolute atomic E-state index is 12.9. The second-order valence-electron chi connectivity index (χ2n) is 7.18. The van der Waals surface area contributed by atoms with Crippen LogP contribution in [0.4, 0.5) is 0 Å². The molecule has 30 heavy (non-hydrogen) atoms. The van der Waals surface area contributed by atoms with E-state index in [1.165, 1.54) is 11.8 Å². The van der Waals surface area contributed by atoms with Gasteiger partial charge in [0.15, 0.2) is 10.9 Å². The van der Waals surface area contributed by atoms with Crippen LogP contribution in [0.1, 0.15) is 28.4 Å². The quantitative estimate of drug-likeness (QED) is 0.273. The van der Waals surface area contributed by atoms with Crippen LogP contribution in [-0.4, -0.2) is 27.7 Å². The number of carbonyl (C=O) groups excluding carboxylic acids is 1. The molecule has 1 heterocycles. The van der Waals surface area contributed by atoms with Gasteiger partial charge in [0, 0.05) is 11.3 Å². The highest BCUT2D eigenvalue weighted by molar-refractivity contribution is 7.99. The SMILES string of the molecule is CCOc1ccc(-n2c(SCC(=O)c3ccc(C)cc3C)nc3ccccc32)cc1. The Hall–Kier alpha value is -3.05. The number of nitrogens with zero attached hydrogens (tertiary/aromatic N) is 2. The summed E-state index contributed by atoms with van der Waals surface area (Å²) < 4.78 is 7.67. The zero-order valence-electron chi connectivity index (χ0n) is 17.4. The number of Topliss-reactive ketones (excluding diaryl/α,β-unsaturated/α-hetero) is 1. The largest absolute Gasteiger partial charge is 0.494 e. The highest BCUT2D eigenvalue weighted by Crippen LogP contribution is 2.29. The first-order chi connectivity index (χ1) is 14.6. The summed E-state index contributed by atoms with van der Waals surface area (Å²) in [5, 5.41) is 0.804. The van der Waals surface area contributed by atoms with E-state index in [0.29, 0.717) is 12.4 Å². The number of rotatable bonds is 7. The van der Waals surface area contributed by atoms with Gasteiger partial charge < -0.3 is 4.74 Å². The number of fused-ring (bicyclic) bond motifs is 1. The third-order valence-electron chi connectivity index (χ3n) is 4.95. The third-order valence-corrected chi connectivity index (χ3v) is 5.89. The molecule has 0 unspecified atom stereocenters. The minimum Gasteiger partial charge on any atom is -0.494 e. The molecule has 4 aromatic rings. The van der Waals surface area contributed by atoms with Crippen molar-refractivity contribution in [3.05, 3.63) is 83.4 Å². The Morgan fingerprint density at radius 1 is 1.03 bits per heavy atom. The average Bonchev–Trinajstić information content (AvgIpc) is 3.11. The monoisotopic (exact) mass is 416 g/mol. The van der Waals surface area contributed by atoms with Crippen molar-refractivity contribution in [3.63, 3.8) is 0 Å². The summed E-state index contributed by atoms with van der Waals surface area (Å²) in [7, 11) is 0. The lowest BCUT2D eigenvalue weighted by Gasteiger charge is -2.11. The van der Waals surface area contributed by atoms with E-state index in [1.54, 1.807) is 0 Å². The molecule has 1 aromatic heterocycles. The molecular weight excluding hydrogens is 392 g/mol. The van der Waals surface area contributed by atoms with Gasteiger partial charge in [-0.25, -0.2) is 4.98 Å². The molecule has 0 saturated carbocycles. The maximum Gasteiger partial charge on any atom is 0.174 e. The van der Waals surface area contributed by atoms with Crippen molar-refractivity contribution in [2.75, 3.05) is 12.4 Å². The molecule has 0 fully saturated rings. The standard InChI is InChI=1S/C25H24N2O2S/c1-4-29-20-12-10-19(11-13-20)27-23-8-6-5-7-22(23)26-25(27)30-16-24(28)21-14-9-17(2)15-18(21)3/h5-15H,4,16H2,1-3H3. The Labute approximate surface area is 180 Å². The first-order valence-electron chi connectivity index (χ1n) is 10.0. The van der Waals surface area contributed by atoms with Gasteiger partial charge >= 0.3 is 0 Å². The molecule has 0 aliphatic carbocycles. The Balaban J connectivity index is 1.65. The number of aryl methyl sites for hydroxylation is 2. The lowest BCUT2D eigenvalue weighted by atomic mass is 10.0. The number of imidazole rings is 1. The van der Waals surface area contributed by atoms with Gasteiger partial charge in [0.25, 0.3) is 0 Å². The Bertz CT molecular complexity index is 1200. The number of carbonyl (C=O) groups is 1. The fraction of sp³-hybridized carbons (Fsp3) is 0.200. The fourth-order valence-corrected chi connectivity index (χ4v) is 4.45. The van der Waals surface area contributed by atoms with Crippen LogP contribution in [-0.2, 0) is 0 Å². The van der Waals surface area contributed by atoms with E-state index in [-0.39, 0.29) is 5.78 Å². The van der Waals surface area contributed by atoms with E-state index < -0.39 is 0 Å². The molecule has 5 heteroatoms. The number of hydrogen-bond acceptors (Lipinski definition) is 4. The van der Waals surface area contributed by atoms with Crippen LogP contribution in [0.2, 0.25) is 0 Å². The molecule has 4 nitrogen and oxygen atoms in total. The summed E-state index contributed by atoms with van der Waals surface area (Å²) in [6.45, 7) is 6.63. The molecule has 152 valence electrons. The number of thioether (sulfide) groups is 1. The van der Waals surface area contributed by atoms with E-state index >= 15 is 0 Å². The third kappa shape index (κ3) is 4.12. The van der Waals surface area contributed by atoms with Gasteiger partial charge in [-0.3, -0.25) is 9.36 Å².